The van der Waals surface area contributed by atoms with Crippen molar-refractivity contribution in [3.63, 3.8) is 0 Å². The highest BCUT2D eigenvalue weighted by Gasteiger charge is 2.29. The number of nitrogens with one attached hydrogen (secondary N) is 1. The highest BCUT2D eigenvalue weighted by atomic mass is 32.2. The van der Waals surface area contributed by atoms with Crippen LogP contribution in [0.5, 0.6) is 0 Å². The number of hydrogen-bond acceptors (Lipinski definition) is 5. The maximum Gasteiger partial charge on any atom is 0.225 e. The number of sulfone groups is 1. The van der Waals surface area contributed by atoms with Crippen LogP contribution in [0.25, 0.3) is 0 Å². The molecule has 1 aromatic carbocycles. The lowest BCUT2D eigenvalue weighted by Gasteiger charge is -2.31. The summed E-state index contributed by atoms with van der Waals surface area (Å²) < 4.78 is 24.8. The second-order valence-electron chi connectivity index (χ2n) is 8.21. The first-order valence-electron chi connectivity index (χ1n) is 10.5. The van der Waals surface area contributed by atoms with E-state index in [2.05, 4.69) is 10.2 Å². The van der Waals surface area contributed by atoms with Crippen molar-refractivity contribution >= 4 is 27.3 Å². The number of para-hydroxylation sites is 1. The lowest BCUT2D eigenvalue weighted by molar-refractivity contribution is -0.123. The monoisotopic (exact) mass is 421 g/mol. The number of primary amides is 1. The zero-order valence-corrected chi connectivity index (χ0v) is 17.6. The topological polar surface area (TPSA) is 110 Å². The van der Waals surface area contributed by atoms with Gasteiger partial charge in [-0.3, -0.25) is 14.5 Å². The van der Waals surface area contributed by atoms with Crippen molar-refractivity contribution in [2.75, 3.05) is 24.2 Å². The second kappa shape index (κ2) is 9.71. The van der Waals surface area contributed by atoms with Gasteiger partial charge in [0.15, 0.2) is 9.84 Å². The minimum absolute atomic E-state index is 0.0272. The maximum absolute atomic E-state index is 12.4. The van der Waals surface area contributed by atoms with Gasteiger partial charge < -0.3 is 11.1 Å². The van der Waals surface area contributed by atoms with Crippen molar-refractivity contribution in [2.45, 2.75) is 56.7 Å². The Kier molecular flexibility index (Phi) is 7.29. The predicted octanol–water partition coefficient (Wildman–Crippen LogP) is 2.07. The first-order chi connectivity index (χ1) is 13.8. The molecule has 1 saturated heterocycles. The van der Waals surface area contributed by atoms with Crippen LogP contribution in [-0.4, -0.2) is 49.2 Å². The fourth-order valence-electron chi connectivity index (χ4n) is 4.31. The molecule has 8 heteroatoms. The SMILES string of the molecule is NC(=O)C1CCCN(Cc2ccccc2NC(=O)CCS(=O)(=O)C2CCCC2)C1. The van der Waals surface area contributed by atoms with Crippen LogP contribution in [-0.2, 0) is 26.0 Å². The van der Waals surface area contributed by atoms with E-state index in [0.717, 1.165) is 50.6 Å². The van der Waals surface area contributed by atoms with Crippen molar-refractivity contribution in [1.82, 2.24) is 4.90 Å². The summed E-state index contributed by atoms with van der Waals surface area (Å²) >= 11 is 0. The summed E-state index contributed by atoms with van der Waals surface area (Å²) in [7, 11) is -3.21. The zero-order chi connectivity index (χ0) is 20.9. The van der Waals surface area contributed by atoms with Gasteiger partial charge in [-0.1, -0.05) is 31.0 Å². The summed E-state index contributed by atoms with van der Waals surface area (Å²) in [6.45, 7) is 2.11. The molecule has 2 aliphatic rings. The minimum atomic E-state index is -3.21. The van der Waals surface area contributed by atoms with Crippen molar-refractivity contribution < 1.29 is 18.0 Å². The smallest absolute Gasteiger partial charge is 0.225 e. The molecule has 0 bridgehead atoms. The Bertz CT molecular complexity index is 834. The molecule has 3 rings (SSSR count). The van der Waals surface area contributed by atoms with Crippen LogP contribution < -0.4 is 11.1 Å². The number of piperidine rings is 1. The van der Waals surface area contributed by atoms with Gasteiger partial charge in [0.2, 0.25) is 11.8 Å². The molecule has 1 aliphatic heterocycles. The van der Waals surface area contributed by atoms with Gasteiger partial charge in [-0.15, -0.1) is 0 Å². The predicted molar refractivity (Wildman–Crippen MR) is 113 cm³/mol. The van der Waals surface area contributed by atoms with E-state index in [9.17, 15) is 18.0 Å². The van der Waals surface area contributed by atoms with Gasteiger partial charge in [0, 0.05) is 25.2 Å². The Morgan fingerprint density at radius 3 is 2.55 bits per heavy atom. The number of nitrogens with zero attached hydrogens (tertiary/aromatic N) is 1. The fraction of sp³-hybridized carbons (Fsp3) is 0.619. The third-order valence-electron chi connectivity index (χ3n) is 6.02. The van der Waals surface area contributed by atoms with Crippen LogP contribution >= 0.6 is 0 Å². The molecule has 1 saturated carbocycles. The van der Waals surface area contributed by atoms with E-state index in [4.69, 9.17) is 5.73 Å². The van der Waals surface area contributed by atoms with Crippen LogP contribution in [0.4, 0.5) is 5.69 Å². The average Bonchev–Trinajstić information content (AvgIpc) is 3.24. The molecule has 0 radical (unpaired) electrons. The average molecular weight is 422 g/mol. The molecule has 2 amide bonds. The van der Waals surface area contributed by atoms with E-state index in [-0.39, 0.29) is 35.2 Å². The number of likely N-dealkylation sites (tertiary alicyclic amines) is 1. The second-order valence-corrected chi connectivity index (χ2v) is 10.6. The number of rotatable bonds is 8. The van der Waals surface area contributed by atoms with Gasteiger partial charge in [-0.2, -0.15) is 0 Å². The zero-order valence-electron chi connectivity index (χ0n) is 16.8. The molecule has 1 heterocycles. The first-order valence-corrected chi connectivity index (χ1v) is 12.2. The summed E-state index contributed by atoms with van der Waals surface area (Å²) in [5, 5.41) is 2.60. The van der Waals surface area contributed by atoms with Crippen LogP contribution in [0.2, 0.25) is 0 Å². The van der Waals surface area contributed by atoms with Crippen molar-refractivity contribution in [2.24, 2.45) is 11.7 Å². The van der Waals surface area contributed by atoms with E-state index in [1.54, 1.807) is 0 Å². The van der Waals surface area contributed by atoms with E-state index in [0.29, 0.717) is 18.8 Å². The van der Waals surface area contributed by atoms with Crippen LogP contribution in [0.3, 0.4) is 0 Å². The van der Waals surface area contributed by atoms with Crippen molar-refractivity contribution in [3.05, 3.63) is 29.8 Å². The molecule has 3 N–H and O–H groups in total. The van der Waals surface area contributed by atoms with E-state index in [1.807, 2.05) is 24.3 Å². The fourth-order valence-corrected chi connectivity index (χ4v) is 6.17. The van der Waals surface area contributed by atoms with Gasteiger partial charge >= 0.3 is 0 Å². The molecule has 1 atom stereocenters. The molecular weight excluding hydrogens is 390 g/mol. The van der Waals surface area contributed by atoms with Crippen molar-refractivity contribution in [3.8, 4) is 0 Å². The molecule has 1 aliphatic carbocycles. The molecule has 7 nitrogen and oxygen atoms in total. The highest BCUT2D eigenvalue weighted by molar-refractivity contribution is 7.92. The number of carbonyl (C=O) groups is 2. The van der Waals surface area contributed by atoms with Crippen LogP contribution in [0.1, 0.15) is 50.5 Å². The van der Waals surface area contributed by atoms with Gasteiger partial charge in [-0.05, 0) is 43.9 Å². The molecule has 0 aromatic heterocycles. The third kappa shape index (κ3) is 6.02. The maximum atomic E-state index is 12.4. The number of amides is 2. The number of carbonyl (C=O) groups excluding carboxylic acids is 2. The molecule has 2 fully saturated rings. The lowest BCUT2D eigenvalue weighted by atomic mass is 9.97. The Labute approximate surface area is 172 Å². The first kappa shape index (κ1) is 21.8. The molecule has 29 heavy (non-hydrogen) atoms. The Morgan fingerprint density at radius 1 is 1.10 bits per heavy atom. The van der Waals surface area contributed by atoms with Gasteiger partial charge in [0.1, 0.15) is 0 Å². The Hall–Kier alpha value is -1.93. The van der Waals surface area contributed by atoms with Gasteiger partial charge in [0.05, 0.1) is 16.9 Å². The summed E-state index contributed by atoms with van der Waals surface area (Å²) in [4.78, 5) is 26.1. The number of benzene rings is 1. The van der Waals surface area contributed by atoms with Gasteiger partial charge in [-0.25, -0.2) is 8.42 Å². The number of anilines is 1. The van der Waals surface area contributed by atoms with Crippen LogP contribution in [0, 0.1) is 5.92 Å². The van der Waals surface area contributed by atoms with E-state index < -0.39 is 9.84 Å². The van der Waals surface area contributed by atoms with Gasteiger partial charge in [0.25, 0.3) is 0 Å². The standard InChI is InChI=1S/C21H31N3O4S/c22-21(26)17-7-5-12-24(15-17)14-16-6-1-4-10-19(16)23-20(25)11-13-29(27,28)18-8-2-3-9-18/h1,4,6,10,17-18H,2-3,5,7-9,11-15H2,(H2,22,26)(H,23,25). The molecular formula is C21H31N3O4S. The summed E-state index contributed by atoms with van der Waals surface area (Å²) in [6, 6.07) is 7.52. The van der Waals surface area contributed by atoms with Crippen molar-refractivity contribution in [1.29, 1.82) is 0 Å². The molecule has 1 unspecified atom stereocenters. The molecule has 160 valence electrons. The highest BCUT2D eigenvalue weighted by Crippen LogP contribution is 2.26. The van der Waals surface area contributed by atoms with E-state index in [1.165, 1.54) is 0 Å². The lowest BCUT2D eigenvalue weighted by Crippen LogP contribution is -2.40. The quantitative estimate of drug-likeness (QED) is 0.668. The summed E-state index contributed by atoms with van der Waals surface area (Å²) in [6.07, 6.45) is 5.05. The Balaban J connectivity index is 1.57. The minimum Gasteiger partial charge on any atom is -0.369 e. The molecule has 0 spiro atoms. The number of hydrogen-bond donors (Lipinski definition) is 2. The Morgan fingerprint density at radius 2 is 1.83 bits per heavy atom. The largest absolute Gasteiger partial charge is 0.369 e. The third-order valence-corrected chi connectivity index (χ3v) is 8.28. The summed E-state index contributed by atoms with van der Waals surface area (Å²) in [5.41, 5.74) is 7.10. The summed E-state index contributed by atoms with van der Waals surface area (Å²) in [5.74, 6) is -0.781. The normalized spacial score (nSPS) is 21.2. The van der Waals surface area contributed by atoms with E-state index >= 15 is 0 Å². The molecule has 1 aromatic rings. The number of nitrogens with two attached hydrogens (primary N) is 1. The van der Waals surface area contributed by atoms with Crippen LogP contribution in [0.15, 0.2) is 24.3 Å².